The van der Waals surface area contributed by atoms with Gasteiger partial charge in [-0.05, 0) is 6.07 Å². The minimum absolute atomic E-state index is 0. The van der Waals surface area contributed by atoms with Gasteiger partial charge in [0.2, 0.25) is 0 Å². The number of piperazine rings is 1. The first-order valence-corrected chi connectivity index (χ1v) is 7.18. The van der Waals surface area contributed by atoms with Crippen molar-refractivity contribution in [2.24, 2.45) is 0 Å². The number of hydrogen-bond acceptors (Lipinski definition) is 4. The summed E-state index contributed by atoms with van der Waals surface area (Å²) < 4.78 is 49.5. The Kier molecular flexibility index (Phi) is 7.44. The molecule has 0 unspecified atom stereocenters. The Morgan fingerprint density at radius 2 is 1.83 bits per heavy atom. The average Bonchev–Trinajstić information content (AvgIpc) is 2.52. The lowest BCUT2D eigenvalue weighted by Crippen LogP contribution is -2.46. The molecule has 23 heavy (non-hydrogen) atoms. The highest BCUT2D eigenvalue weighted by molar-refractivity contribution is 5.85. The fourth-order valence-corrected chi connectivity index (χ4v) is 2.74. The van der Waals surface area contributed by atoms with Gasteiger partial charge in [-0.1, -0.05) is 6.07 Å². The smallest absolute Gasteiger partial charge is 0.390 e. The maximum Gasteiger partial charge on any atom is 0.390 e. The van der Waals surface area contributed by atoms with Crippen LogP contribution >= 0.6 is 12.4 Å². The topological polar surface area (TPSA) is 33.7 Å². The second-order valence-corrected chi connectivity index (χ2v) is 5.23. The molecule has 0 radical (unpaired) electrons. The summed E-state index contributed by atoms with van der Waals surface area (Å²) in [4.78, 5) is 1.86. The fraction of sp³-hybridized carbons (Fsp3) is 0.600. The molecule has 8 heteroatoms. The molecule has 1 N–H and O–H groups in total. The Morgan fingerprint density at radius 3 is 2.35 bits per heavy atom. The molecule has 0 amide bonds. The van der Waals surface area contributed by atoms with Gasteiger partial charge < -0.3 is 14.8 Å². The molecular weight excluding hydrogens is 333 g/mol. The third-order valence-corrected chi connectivity index (χ3v) is 3.82. The number of hydrogen-bond donors (Lipinski definition) is 1. The van der Waals surface area contributed by atoms with Gasteiger partial charge in [0.1, 0.15) is 11.5 Å². The first-order chi connectivity index (χ1) is 10.4. The SMILES string of the molecule is COc1ccc([C@@H](CC(F)(F)F)N2CCNCC2)c(OC)c1.Cl. The van der Waals surface area contributed by atoms with Gasteiger partial charge in [0.15, 0.2) is 0 Å². The monoisotopic (exact) mass is 354 g/mol. The number of nitrogens with one attached hydrogen (secondary N) is 1. The average molecular weight is 355 g/mol. The molecule has 1 aliphatic rings. The largest absolute Gasteiger partial charge is 0.497 e. The summed E-state index contributed by atoms with van der Waals surface area (Å²) in [5, 5.41) is 3.16. The second-order valence-electron chi connectivity index (χ2n) is 5.23. The molecule has 1 fully saturated rings. The van der Waals surface area contributed by atoms with Crippen molar-refractivity contribution >= 4 is 12.4 Å². The summed E-state index contributed by atoms with van der Waals surface area (Å²) in [5.74, 6) is 0.985. The highest BCUT2D eigenvalue weighted by atomic mass is 35.5. The number of halogens is 4. The molecule has 1 aromatic carbocycles. The normalized spacial score (nSPS) is 17.3. The van der Waals surface area contributed by atoms with Gasteiger partial charge >= 0.3 is 6.18 Å². The van der Waals surface area contributed by atoms with E-state index < -0.39 is 18.6 Å². The van der Waals surface area contributed by atoms with Gasteiger partial charge in [-0.2, -0.15) is 13.2 Å². The summed E-state index contributed by atoms with van der Waals surface area (Å²) in [6.07, 6.45) is -5.13. The van der Waals surface area contributed by atoms with Crippen LogP contribution in [-0.4, -0.2) is 51.5 Å². The van der Waals surface area contributed by atoms with Gasteiger partial charge in [-0.15, -0.1) is 12.4 Å². The van der Waals surface area contributed by atoms with Crippen LogP contribution in [0.1, 0.15) is 18.0 Å². The maximum absolute atomic E-state index is 13.0. The summed E-state index contributed by atoms with van der Waals surface area (Å²) in [6, 6.07) is 4.21. The number of methoxy groups -OCH3 is 2. The Morgan fingerprint density at radius 1 is 1.17 bits per heavy atom. The molecule has 0 spiro atoms. The lowest BCUT2D eigenvalue weighted by atomic mass is 9.99. The quantitative estimate of drug-likeness (QED) is 0.881. The molecule has 2 rings (SSSR count). The van der Waals surface area contributed by atoms with Gasteiger partial charge in [0.25, 0.3) is 0 Å². The Bertz CT molecular complexity index is 494. The predicted molar refractivity (Wildman–Crippen MR) is 84.6 cm³/mol. The summed E-state index contributed by atoms with van der Waals surface area (Å²) in [5.41, 5.74) is 0.544. The van der Waals surface area contributed by atoms with E-state index in [1.807, 2.05) is 4.90 Å². The van der Waals surface area contributed by atoms with E-state index in [9.17, 15) is 13.2 Å². The van der Waals surface area contributed by atoms with E-state index in [2.05, 4.69) is 5.32 Å². The first kappa shape index (κ1) is 19.9. The molecule has 0 bridgehead atoms. The van der Waals surface area contributed by atoms with Crippen molar-refractivity contribution in [1.82, 2.24) is 10.2 Å². The van der Waals surface area contributed by atoms with Gasteiger partial charge in [-0.3, -0.25) is 4.90 Å². The molecule has 4 nitrogen and oxygen atoms in total. The van der Waals surface area contributed by atoms with Gasteiger partial charge in [0, 0.05) is 43.9 Å². The van der Waals surface area contributed by atoms with Gasteiger partial charge in [0.05, 0.1) is 20.6 Å². The number of alkyl halides is 3. The highest BCUT2D eigenvalue weighted by Crippen LogP contribution is 2.39. The summed E-state index contributed by atoms with van der Waals surface area (Å²) >= 11 is 0. The van der Waals surface area contributed by atoms with Crippen LogP contribution < -0.4 is 14.8 Å². The van der Waals surface area contributed by atoms with E-state index in [4.69, 9.17) is 9.47 Å². The second kappa shape index (κ2) is 8.61. The van der Waals surface area contributed by atoms with E-state index in [1.165, 1.54) is 14.2 Å². The number of nitrogens with zero attached hydrogens (tertiary/aromatic N) is 1. The molecule has 1 atom stereocenters. The van der Waals surface area contributed by atoms with Crippen molar-refractivity contribution in [2.75, 3.05) is 40.4 Å². The van der Waals surface area contributed by atoms with Crippen molar-refractivity contribution in [3.8, 4) is 11.5 Å². The molecule has 0 aliphatic carbocycles. The van der Waals surface area contributed by atoms with Gasteiger partial charge in [-0.25, -0.2) is 0 Å². The first-order valence-electron chi connectivity index (χ1n) is 7.18. The highest BCUT2D eigenvalue weighted by Gasteiger charge is 2.37. The Balaban J connectivity index is 0.00000264. The van der Waals surface area contributed by atoms with Crippen molar-refractivity contribution < 1.29 is 22.6 Å². The van der Waals surface area contributed by atoms with Crippen LogP contribution in [0, 0.1) is 0 Å². The van der Waals surface area contributed by atoms with Crippen LogP contribution in [0.25, 0.3) is 0 Å². The van der Waals surface area contributed by atoms with E-state index in [-0.39, 0.29) is 12.4 Å². The fourth-order valence-electron chi connectivity index (χ4n) is 2.74. The third-order valence-electron chi connectivity index (χ3n) is 3.82. The number of rotatable bonds is 5. The summed E-state index contributed by atoms with van der Waals surface area (Å²) in [7, 11) is 2.97. The number of ether oxygens (including phenoxy) is 2. The van der Waals surface area contributed by atoms with Crippen LogP contribution in [0.15, 0.2) is 18.2 Å². The zero-order chi connectivity index (χ0) is 16.2. The van der Waals surface area contributed by atoms with E-state index in [1.54, 1.807) is 18.2 Å². The van der Waals surface area contributed by atoms with Crippen LogP contribution in [0.2, 0.25) is 0 Å². The zero-order valence-electron chi connectivity index (χ0n) is 13.2. The molecule has 0 aromatic heterocycles. The van der Waals surface area contributed by atoms with E-state index >= 15 is 0 Å². The zero-order valence-corrected chi connectivity index (χ0v) is 14.0. The minimum Gasteiger partial charge on any atom is -0.497 e. The van der Waals surface area contributed by atoms with Crippen LogP contribution in [-0.2, 0) is 0 Å². The Labute approximate surface area is 140 Å². The third kappa shape index (κ3) is 5.44. The molecule has 1 heterocycles. The minimum atomic E-state index is -4.24. The van der Waals surface area contributed by atoms with Crippen molar-refractivity contribution in [1.29, 1.82) is 0 Å². The van der Waals surface area contributed by atoms with Crippen molar-refractivity contribution in [3.05, 3.63) is 23.8 Å². The van der Waals surface area contributed by atoms with Crippen molar-refractivity contribution in [2.45, 2.75) is 18.6 Å². The van der Waals surface area contributed by atoms with E-state index in [0.717, 1.165) is 0 Å². The lowest BCUT2D eigenvalue weighted by molar-refractivity contribution is -0.148. The maximum atomic E-state index is 13.0. The standard InChI is InChI=1S/C15H21F3N2O2.ClH/c1-21-11-3-4-12(14(9-11)22-2)13(10-15(16,17)18)20-7-5-19-6-8-20;/h3-4,9,13,19H,5-8,10H2,1-2H3;1H/t13-;/m1./s1. The molecule has 1 saturated heterocycles. The molecule has 1 aliphatic heterocycles. The molecular formula is C15H22ClF3N2O2. The Hall–Kier alpha value is -1.18. The summed E-state index contributed by atoms with van der Waals surface area (Å²) in [6.45, 7) is 2.53. The lowest BCUT2D eigenvalue weighted by Gasteiger charge is -2.36. The van der Waals surface area contributed by atoms with Crippen LogP contribution in [0.5, 0.6) is 11.5 Å². The predicted octanol–water partition coefficient (Wildman–Crippen LogP) is 3.02. The van der Waals surface area contributed by atoms with Crippen LogP contribution in [0.4, 0.5) is 13.2 Å². The van der Waals surface area contributed by atoms with Crippen molar-refractivity contribution in [3.63, 3.8) is 0 Å². The molecule has 0 saturated carbocycles. The molecule has 1 aromatic rings. The van der Waals surface area contributed by atoms with E-state index in [0.29, 0.717) is 43.2 Å². The van der Waals surface area contributed by atoms with Crippen LogP contribution in [0.3, 0.4) is 0 Å². The number of benzene rings is 1. The molecule has 132 valence electrons.